The summed E-state index contributed by atoms with van der Waals surface area (Å²) in [6.07, 6.45) is 1.40. The molecule has 0 atom stereocenters. The molecule has 0 bridgehead atoms. The molecule has 1 aromatic carbocycles. The number of carbonyl (C=O) groups is 1. The molecule has 5 nitrogen and oxygen atoms in total. The van der Waals surface area contributed by atoms with Crippen LogP contribution in [0.4, 0.5) is 5.69 Å². The van der Waals surface area contributed by atoms with Gasteiger partial charge in [-0.2, -0.15) is 0 Å². The molecule has 1 aromatic heterocycles. The van der Waals surface area contributed by atoms with E-state index in [0.29, 0.717) is 10.6 Å². The predicted octanol–water partition coefficient (Wildman–Crippen LogP) is 1.50. The van der Waals surface area contributed by atoms with Crippen molar-refractivity contribution >= 4 is 23.1 Å². The highest BCUT2D eigenvalue weighted by atomic mass is 32.1. The first-order chi connectivity index (χ1) is 7.25. The third-order valence-corrected chi connectivity index (χ3v) is 2.37. The molecule has 6 heteroatoms. The summed E-state index contributed by atoms with van der Waals surface area (Å²) in [5, 5.41) is 15.3. The normalized spacial score (nSPS) is 9.87. The van der Waals surface area contributed by atoms with E-state index in [-0.39, 0.29) is 11.7 Å². The molecular weight excluding hydrogens is 214 g/mol. The maximum absolute atomic E-state index is 11.5. The van der Waals surface area contributed by atoms with Gasteiger partial charge in [0.2, 0.25) is 0 Å². The van der Waals surface area contributed by atoms with Gasteiger partial charge in [-0.25, -0.2) is 0 Å². The zero-order valence-corrected chi connectivity index (χ0v) is 8.36. The number of phenols is 1. The summed E-state index contributed by atoms with van der Waals surface area (Å²) >= 11 is 1.03. The van der Waals surface area contributed by atoms with Crippen molar-refractivity contribution < 1.29 is 9.90 Å². The average Bonchev–Trinajstić information content (AvgIpc) is 2.74. The Morgan fingerprint density at radius 2 is 2.07 bits per heavy atom. The number of carbonyl (C=O) groups excluding carboxylic acids is 1. The molecule has 0 saturated heterocycles. The van der Waals surface area contributed by atoms with Gasteiger partial charge in [-0.15, -0.1) is 5.10 Å². The van der Waals surface area contributed by atoms with Crippen LogP contribution in [-0.4, -0.2) is 20.6 Å². The molecule has 15 heavy (non-hydrogen) atoms. The highest BCUT2D eigenvalue weighted by molar-refractivity contribution is 7.07. The summed E-state index contributed by atoms with van der Waals surface area (Å²) in [5.74, 6) is -0.0943. The number of anilines is 1. The standard InChI is InChI=1S/C9H7N3O2S/c13-7-3-1-6(2-4-7)11-9(14)8-5-10-12-15-8/h1-5,13H,(H,11,14). The molecule has 0 aliphatic carbocycles. The van der Waals surface area contributed by atoms with Crippen molar-refractivity contribution in [2.45, 2.75) is 0 Å². The Bertz CT molecular complexity index is 453. The zero-order chi connectivity index (χ0) is 10.7. The SMILES string of the molecule is O=C(Nc1ccc(O)cc1)c1cnns1. The second-order valence-corrected chi connectivity index (χ2v) is 3.57. The van der Waals surface area contributed by atoms with Gasteiger partial charge in [0.05, 0.1) is 6.20 Å². The molecule has 0 aliphatic rings. The Kier molecular flexibility index (Phi) is 2.59. The largest absolute Gasteiger partial charge is 0.508 e. The zero-order valence-electron chi connectivity index (χ0n) is 7.54. The quantitative estimate of drug-likeness (QED) is 0.753. The number of aromatic nitrogens is 2. The molecule has 0 aliphatic heterocycles. The highest BCUT2D eigenvalue weighted by Gasteiger charge is 2.07. The van der Waals surface area contributed by atoms with Crippen molar-refractivity contribution in [3.63, 3.8) is 0 Å². The van der Waals surface area contributed by atoms with Crippen molar-refractivity contribution in [3.8, 4) is 5.75 Å². The molecule has 0 unspecified atom stereocenters. The Labute approximate surface area is 89.5 Å². The fourth-order valence-corrected chi connectivity index (χ4v) is 1.42. The summed E-state index contributed by atoms with van der Waals surface area (Å²) < 4.78 is 3.59. The number of aromatic hydroxyl groups is 1. The molecule has 0 fully saturated rings. The molecular formula is C9H7N3O2S. The lowest BCUT2D eigenvalue weighted by Gasteiger charge is -2.02. The Balaban J connectivity index is 2.09. The van der Waals surface area contributed by atoms with Gasteiger partial charge in [-0.05, 0) is 35.8 Å². The van der Waals surface area contributed by atoms with E-state index in [9.17, 15) is 4.79 Å². The van der Waals surface area contributed by atoms with Gasteiger partial charge in [-0.1, -0.05) is 4.49 Å². The number of hydrogen-bond acceptors (Lipinski definition) is 5. The topological polar surface area (TPSA) is 75.1 Å². The van der Waals surface area contributed by atoms with E-state index >= 15 is 0 Å². The first kappa shape index (κ1) is 9.60. The number of rotatable bonds is 2. The van der Waals surface area contributed by atoms with Crippen molar-refractivity contribution in [2.75, 3.05) is 5.32 Å². The Morgan fingerprint density at radius 3 is 2.67 bits per heavy atom. The lowest BCUT2D eigenvalue weighted by atomic mass is 10.3. The van der Waals surface area contributed by atoms with Gasteiger partial charge >= 0.3 is 0 Å². The van der Waals surface area contributed by atoms with Crippen LogP contribution < -0.4 is 5.32 Å². The van der Waals surface area contributed by atoms with Crippen molar-refractivity contribution in [3.05, 3.63) is 35.3 Å². The summed E-state index contributed by atoms with van der Waals surface area (Å²) in [6, 6.07) is 6.23. The minimum atomic E-state index is -0.254. The van der Waals surface area contributed by atoms with E-state index in [2.05, 4.69) is 14.9 Å². The van der Waals surface area contributed by atoms with Crippen molar-refractivity contribution in [2.24, 2.45) is 0 Å². The average molecular weight is 221 g/mol. The van der Waals surface area contributed by atoms with Crippen LogP contribution in [0.5, 0.6) is 5.75 Å². The van der Waals surface area contributed by atoms with Gasteiger partial charge in [0, 0.05) is 5.69 Å². The first-order valence-electron chi connectivity index (χ1n) is 4.13. The van der Waals surface area contributed by atoms with Gasteiger partial charge < -0.3 is 10.4 Å². The summed E-state index contributed by atoms with van der Waals surface area (Å²) in [5.41, 5.74) is 0.617. The van der Waals surface area contributed by atoms with Crippen LogP contribution in [0.3, 0.4) is 0 Å². The summed E-state index contributed by atoms with van der Waals surface area (Å²) in [7, 11) is 0. The second kappa shape index (κ2) is 4.05. The van der Waals surface area contributed by atoms with E-state index in [0.717, 1.165) is 11.5 Å². The van der Waals surface area contributed by atoms with Crippen LogP contribution in [-0.2, 0) is 0 Å². The molecule has 76 valence electrons. The van der Waals surface area contributed by atoms with E-state index in [1.165, 1.54) is 18.3 Å². The van der Waals surface area contributed by atoms with Gasteiger partial charge in [0.25, 0.3) is 5.91 Å². The van der Waals surface area contributed by atoms with Gasteiger partial charge in [-0.3, -0.25) is 4.79 Å². The molecule has 1 amide bonds. The van der Waals surface area contributed by atoms with E-state index in [1.54, 1.807) is 12.1 Å². The summed E-state index contributed by atoms with van der Waals surface area (Å²) in [6.45, 7) is 0. The molecule has 2 N–H and O–H groups in total. The van der Waals surface area contributed by atoms with Gasteiger partial charge in [0.15, 0.2) is 0 Å². The van der Waals surface area contributed by atoms with Crippen molar-refractivity contribution in [1.82, 2.24) is 9.59 Å². The minimum absolute atomic E-state index is 0.160. The number of hydrogen-bond donors (Lipinski definition) is 2. The molecule has 2 aromatic rings. The molecule has 0 saturated carbocycles. The van der Waals surface area contributed by atoms with Crippen LogP contribution in [0.15, 0.2) is 30.5 Å². The Morgan fingerprint density at radius 1 is 1.33 bits per heavy atom. The van der Waals surface area contributed by atoms with E-state index in [4.69, 9.17) is 5.11 Å². The molecule has 2 rings (SSSR count). The lowest BCUT2D eigenvalue weighted by molar-refractivity contribution is 0.103. The van der Waals surface area contributed by atoms with Crippen LogP contribution in [0, 0.1) is 0 Å². The summed E-state index contributed by atoms with van der Waals surface area (Å²) in [4.78, 5) is 12.0. The lowest BCUT2D eigenvalue weighted by Crippen LogP contribution is -2.09. The van der Waals surface area contributed by atoms with E-state index in [1.807, 2.05) is 0 Å². The van der Waals surface area contributed by atoms with Gasteiger partial charge in [0.1, 0.15) is 10.6 Å². The number of phenolic OH excluding ortho intramolecular Hbond substituents is 1. The second-order valence-electron chi connectivity index (χ2n) is 2.78. The molecule has 1 heterocycles. The maximum Gasteiger partial charge on any atom is 0.269 e. The van der Waals surface area contributed by atoms with Crippen LogP contribution >= 0.6 is 11.5 Å². The first-order valence-corrected chi connectivity index (χ1v) is 4.91. The monoisotopic (exact) mass is 221 g/mol. The number of amides is 1. The molecule has 0 spiro atoms. The minimum Gasteiger partial charge on any atom is -0.508 e. The van der Waals surface area contributed by atoms with E-state index < -0.39 is 0 Å². The van der Waals surface area contributed by atoms with Crippen LogP contribution in [0.1, 0.15) is 9.67 Å². The van der Waals surface area contributed by atoms with Crippen molar-refractivity contribution in [1.29, 1.82) is 0 Å². The number of benzene rings is 1. The fraction of sp³-hybridized carbons (Fsp3) is 0. The highest BCUT2D eigenvalue weighted by Crippen LogP contribution is 2.15. The maximum atomic E-state index is 11.5. The number of nitrogens with zero attached hydrogens (tertiary/aromatic N) is 2. The third-order valence-electron chi connectivity index (χ3n) is 1.71. The van der Waals surface area contributed by atoms with Crippen LogP contribution in [0.2, 0.25) is 0 Å². The fourth-order valence-electron chi connectivity index (χ4n) is 1.00. The Hall–Kier alpha value is -1.95. The predicted molar refractivity (Wildman–Crippen MR) is 56.0 cm³/mol. The molecule has 0 radical (unpaired) electrons. The van der Waals surface area contributed by atoms with Crippen LogP contribution in [0.25, 0.3) is 0 Å². The number of nitrogens with one attached hydrogen (secondary N) is 1. The smallest absolute Gasteiger partial charge is 0.269 e. The third kappa shape index (κ3) is 2.29.